The topological polar surface area (TPSA) is 287 Å². The Kier molecular flexibility index (Phi) is 23.7. The van der Waals surface area contributed by atoms with E-state index in [0.29, 0.717) is 16.8 Å². The maximum atomic E-state index is 12.6. The molecular weight excluding hydrogens is 859 g/mol. The van der Waals surface area contributed by atoms with Crippen molar-refractivity contribution in [3.63, 3.8) is 0 Å². The molecule has 0 amide bonds. The summed E-state index contributed by atoms with van der Waals surface area (Å²) in [6.45, 7) is 0. The van der Waals surface area contributed by atoms with Gasteiger partial charge in [0.2, 0.25) is 0 Å². The molecule has 64 heavy (non-hydrogen) atoms. The number of aliphatic hydroxyl groups excluding tert-OH is 5. The van der Waals surface area contributed by atoms with Gasteiger partial charge in [0.1, 0.15) is 17.7 Å². The number of nitrogens with zero attached hydrogens (tertiary/aromatic N) is 2. The van der Waals surface area contributed by atoms with Gasteiger partial charge in [-0.3, -0.25) is 4.98 Å². The molecule has 0 bridgehead atoms. The summed E-state index contributed by atoms with van der Waals surface area (Å²) < 4.78 is 25.1. The van der Waals surface area contributed by atoms with Gasteiger partial charge >= 0.3 is 23.9 Å². The predicted molar refractivity (Wildman–Crippen MR) is 230 cm³/mol. The molecule has 0 spiro atoms. The number of pyridine rings is 1. The van der Waals surface area contributed by atoms with E-state index >= 15 is 0 Å². The fourth-order valence-electron chi connectivity index (χ4n) is 5.20. The minimum atomic E-state index is -1.47. The third kappa shape index (κ3) is 21.2. The van der Waals surface area contributed by atoms with Crippen LogP contribution in [0.2, 0.25) is 0 Å². The van der Waals surface area contributed by atoms with Crippen molar-refractivity contribution < 1.29 is 73.9 Å². The van der Waals surface area contributed by atoms with Crippen molar-refractivity contribution in [2.75, 3.05) is 0 Å². The molecule has 5 atom stereocenters. The van der Waals surface area contributed by atoms with Gasteiger partial charge in [0, 0.05) is 44.0 Å². The summed E-state index contributed by atoms with van der Waals surface area (Å²) in [5.41, 5.74) is 3.39. The Morgan fingerprint density at radius 3 is 1.55 bits per heavy atom. The Labute approximate surface area is 369 Å². The fourth-order valence-corrected chi connectivity index (χ4v) is 5.88. The van der Waals surface area contributed by atoms with E-state index in [1.54, 1.807) is 54.7 Å². The SMILES string of the molecule is N#C[C@@H](O)Cc1cccc(F)c1.O=C(O)[C@@H](O)Cc1cccc(F)c1.O=C(O)[C@@H](O)Cc1cccc2ccccc12.O=C(O)[C@@H](O)Cc1ccccn1.O=C(O)[C@@H](O)Cc1ccsc1. The fraction of sp³-hybridized carbons (Fsp3) is 0.217. The highest BCUT2D eigenvalue weighted by Crippen LogP contribution is 2.20. The third-order valence-electron chi connectivity index (χ3n) is 8.36. The number of aliphatic hydroxyl groups is 5. The first-order valence-corrected chi connectivity index (χ1v) is 19.9. The van der Waals surface area contributed by atoms with Gasteiger partial charge in [-0.05, 0) is 86.3 Å². The lowest BCUT2D eigenvalue weighted by atomic mass is 10.00. The molecule has 0 saturated heterocycles. The van der Waals surface area contributed by atoms with E-state index in [2.05, 4.69) is 4.98 Å². The van der Waals surface area contributed by atoms with Crippen molar-refractivity contribution in [3.8, 4) is 6.07 Å². The van der Waals surface area contributed by atoms with Crippen molar-refractivity contribution in [2.24, 2.45) is 0 Å². The molecule has 0 aliphatic carbocycles. The van der Waals surface area contributed by atoms with Gasteiger partial charge in [-0.1, -0.05) is 72.8 Å². The van der Waals surface area contributed by atoms with E-state index in [9.17, 15) is 33.1 Å². The van der Waals surface area contributed by atoms with E-state index < -0.39 is 60.2 Å². The minimum absolute atomic E-state index is 0.0518. The summed E-state index contributed by atoms with van der Waals surface area (Å²) >= 11 is 1.49. The highest BCUT2D eigenvalue weighted by molar-refractivity contribution is 7.07. The van der Waals surface area contributed by atoms with Crippen LogP contribution in [0, 0.1) is 23.0 Å². The molecule has 2 aromatic heterocycles. The number of halogens is 2. The van der Waals surface area contributed by atoms with Gasteiger partial charge in [-0.15, -0.1) is 0 Å². The van der Waals surface area contributed by atoms with E-state index in [4.69, 9.17) is 46.1 Å². The van der Waals surface area contributed by atoms with Crippen LogP contribution in [-0.4, -0.2) is 105 Å². The number of benzene rings is 4. The normalized spacial score (nSPS) is 12.5. The van der Waals surface area contributed by atoms with E-state index in [1.807, 2.05) is 53.2 Å². The standard InChI is InChI=1S/C13H12O3.C9H8FNO.C9H9FO3.C8H9NO3.C7H8O3S/c14-12(13(15)16)8-10-6-3-5-9-4-1-2-7-11(9)10;10-8-3-1-2-7(4-8)5-9(12)6-11;10-7-3-1-2-6(4-7)5-8(11)9(12)13;10-7(8(11)12)5-6-3-1-2-4-9-6;8-6(7(9)10)3-5-1-2-11-4-5/h1-7,12,14H,8H2,(H,15,16);1-4,9,12H,5H2;1-4,8,11H,5H2,(H,12,13);1-4,7,10H,5H2,(H,11,12);1-2,4,6,8H,3H2,(H,9,10)/t12-;9-;8-;7-;6-/m00000/s1. The number of thiophene rings is 1. The lowest BCUT2D eigenvalue weighted by Crippen LogP contribution is -2.22. The number of hydrogen-bond acceptors (Lipinski definition) is 12. The van der Waals surface area contributed by atoms with Gasteiger partial charge in [0.15, 0.2) is 24.4 Å². The molecule has 0 saturated carbocycles. The zero-order chi connectivity index (χ0) is 47.6. The van der Waals surface area contributed by atoms with Crippen LogP contribution in [0.15, 0.2) is 132 Å². The summed E-state index contributed by atoms with van der Waals surface area (Å²) in [5, 5.41) is 92.8. The second-order valence-electron chi connectivity index (χ2n) is 13.4. The molecular formula is C46H46F2N2O13S. The van der Waals surface area contributed by atoms with Crippen LogP contribution in [0.5, 0.6) is 0 Å². The number of aromatic nitrogens is 1. The lowest BCUT2D eigenvalue weighted by molar-refractivity contribution is -0.147. The molecule has 15 nitrogen and oxygen atoms in total. The first kappa shape index (κ1) is 53.2. The largest absolute Gasteiger partial charge is 0.479 e. The van der Waals surface area contributed by atoms with Gasteiger partial charge < -0.3 is 46.0 Å². The number of fused-ring (bicyclic) bond motifs is 1. The van der Waals surface area contributed by atoms with Crippen molar-refractivity contribution in [3.05, 3.63) is 172 Å². The molecule has 0 fully saturated rings. The average molecular weight is 905 g/mol. The molecule has 338 valence electrons. The Morgan fingerprint density at radius 2 is 1.05 bits per heavy atom. The van der Waals surface area contributed by atoms with Crippen molar-refractivity contribution in [2.45, 2.75) is 62.6 Å². The number of carboxylic acids is 4. The number of nitriles is 1. The molecule has 4 aromatic carbocycles. The summed E-state index contributed by atoms with van der Waals surface area (Å²) in [5.74, 6) is -5.67. The summed E-state index contributed by atoms with van der Waals surface area (Å²) in [6.07, 6.45) is -4.46. The second-order valence-corrected chi connectivity index (χ2v) is 14.2. The molecule has 9 N–H and O–H groups in total. The van der Waals surface area contributed by atoms with Crippen LogP contribution in [0.3, 0.4) is 0 Å². The zero-order valence-corrected chi connectivity index (χ0v) is 34.7. The smallest absolute Gasteiger partial charge is 0.332 e. The summed E-state index contributed by atoms with van der Waals surface area (Å²) in [4.78, 5) is 45.1. The average Bonchev–Trinajstić information content (AvgIpc) is 3.78. The van der Waals surface area contributed by atoms with Crippen LogP contribution < -0.4 is 0 Å². The van der Waals surface area contributed by atoms with Crippen LogP contribution in [0.4, 0.5) is 8.78 Å². The molecule has 6 aromatic rings. The third-order valence-corrected chi connectivity index (χ3v) is 9.09. The number of carbonyl (C=O) groups is 4. The van der Waals surface area contributed by atoms with Gasteiger partial charge in [0.25, 0.3) is 0 Å². The monoisotopic (exact) mass is 904 g/mol. The summed E-state index contributed by atoms with van der Waals surface area (Å²) in [6, 6.07) is 33.4. The van der Waals surface area contributed by atoms with E-state index in [0.717, 1.165) is 21.9 Å². The van der Waals surface area contributed by atoms with Crippen molar-refractivity contribution in [1.29, 1.82) is 5.26 Å². The second kappa shape index (κ2) is 28.6. The lowest BCUT2D eigenvalue weighted by Gasteiger charge is -2.08. The van der Waals surface area contributed by atoms with Gasteiger partial charge in [0.05, 0.1) is 6.07 Å². The minimum Gasteiger partial charge on any atom is -0.479 e. The maximum absolute atomic E-state index is 12.6. The Balaban J connectivity index is 0.000000277. The van der Waals surface area contributed by atoms with E-state index in [1.165, 1.54) is 41.7 Å². The first-order valence-electron chi connectivity index (χ1n) is 19.0. The van der Waals surface area contributed by atoms with Crippen LogP contribution in [0.25, 0.3) is 10.8 Å². The maximum Gasteiger partial charge on any atom is 0.332 e. The Hall–Kier alpha value is -6.98. The number of carboxylic acid groups (broad SMARTS) is 4. The zero-order valence-electron chi connectivity index (χ0n) is 33.8. The highest BCUT2D eigenvalue weighted by Gasteiger charge is 2.16. The van der Waals surface area contributed by atoms with E-state index in [-0.39, 0.29) is 37.9 Å². The Bertz CT molecular complexity index is 2390. The molecule has 0 unspecified atom stereocenters. The van der Waals surface area contributed by atoms with Crippen LogP contribution in [-0.2, 0) is 51.3 Å². The molecule has 0 radical (unpaired) electrons. The highest BCUT2D eigenvalue weighted by atomic mass is 32.1. The first-order chi connectivity index (χ1) is 30.4. The van der Waals surface area contributed by atoms with Crippen molar-refractivity contribution in [1.82, 2.24) is 4.98 Å². The van der Waals surface area contributed by atoms with Gasteiger partial charge in [-0.25, -0.2) is 28.0 Å². The molecule has 2 heterocycles. The quantitative estimate of drug-likeness (QED) is 0.0670. The number of hydrogen-bond donors (Lipinski definition) is 9. The number of aliphatic carboxylic acids is 4. The van der Waals surface area contributed by atoms with Crippen molar-refractivity contribution >= 4 is 46.0 Å². The number of rotatable bonds is 14. The van der Waals surface area contributed by atoms with Crippen LogP contribution >= 0.6 is 11.3 Å². The van der Waals surface area contributed by atoms with Gasteiger partial charge in [-0.2, -0.15) is 16.6 Å². The molecule has 18 heteroatoms. The molecule has 0 aliphatic heterocycles. The Morgan fingerprint density at radius 1 is 0.562 bits per heavy atom. The molecule has 0 aliphatic rings. The van der Waals surface area contributed by atoms with Crippen LogP contribution in [0.1, 0.15) is 27.9 Å². The predicted octanol–water partition coefficient (Wildman–Crippen LogP) is 4.70. The summed E-state index contributed by atoms with van der Waals surface area (Å²) in [7, 11) is 0. The molecule has 6 rings (SSSR count).